The minimum absolute atomic E-state index is 0.0706. The number of nitrogens with one attached hydrogen (secondary N) is 1. The summed E-state index contributed by atoms with van der Waals surface area (Å²) in [6, 6.07) is 3.87. The van der Waals surface area contributed by atoms with Crippen molar-refractivity contribution in [3.05, 3.63) is 34.9 Å². The molecule has 0 aromatic heterocycles. The first-order valence-corrected chi connectivity index (χ1v) is 12.7. The molecule has 0 saturated carbocycles. The molecule has 0 radical (unpaired) electrons. The first-order valence-electron chi connectivity index (χ1n) is 10.9. The number of piperidine rings is 1. The van der Waals surface area contributed by atoms with Crippen LogP contribution in [0.25, 0.3) is 0 Å². The Morgan fingerprint density at radius 1 is 1.06 bits per heavy atom. The highest BCUT2D eigenvalue weighted by Gasteiger charge is 2.45. The van der Waals surface area contributed by atoms with Crippen molar-refractivity contribution in [3.63, 3.8) is 0 Å². The lowest BCUT2D eigenvalue weighted by atomic mass is 10.0. The largest absolute Gasteiger partial charge is 0.295 e. The van der Waals surface area contributed by atoms with Crippen molar-refractivity contribution in [1.82, 2.24) is 10.2 Å². The molecule has 176 valence electrons. The van der Waals surface area contributed by atoms with Crippen molar-refractivity contribution < 1.29 is 31.8 Å². The molecule has 2 heterocycles. The molecule has 1 N–H and O–H groups in total. The number of nitrogens with zero attached hydrogens (tertiary/aromatic N) is 1. The van der Waals surface area contributed by atoms with E-state index in [2.05, 4.69) is 17.2 Å². The second-order valence-electron chi connectivity index (χ2n) is 8.02. The number of unbranched alkanes of at least 4 members (excludes halogenated alkanes) is 5. The molecule has 2 aliphatic rings. The monoisotopic (exact) mass is 474 g/mol. The van der Waals surface area contributed by atoms with Gasteiger partial charge in [0, 0.05) is 18.4 Å². The summed E-state index contributed by atoms with van der Waals surface area (Å²) in [6.45, 7) is 0.195. The molecule has 4 amide bonds. The molecule has 0 bridgehead atoms. The van der Waals surface area contributed by atoms with Gasteiger partial charge in [0.2, 0.25) is 11.8 Å². The zero-order valence-corrected chi connectivity index (χ0v) is 19.2. The third kappa shape index (κ3) is 6.27. The average molecular weight is 475 g/mol. The van der Waals surface area contributed by atoms with Gasteiger partial charge in [0.15, 0.2) is 0 Å². The van der Waals surface area contributed by atoms with E-state index in [1.165, 1.54) is 0 Å². The first-order chi connectivity index (χ1) is 15.7. The van der Waals surface area contributed by atoms with Crippen LogP contribution in [0, 0.1) is 11.8 Å². The lowest BCUT2D eigenvalue weighted by Gasteiger charge is -2.27. The second kappa shape index (κ2) is 10.7. The van der Waals surface area contributed by atoms with Gasteiger partial charge >= 0.3 is 0 Å². The predicted molar refractivity (Wildman–Crippen MR) is 118 cm³/mol. The molecule has 0 aliphatic carbocycles. The van der Waals surface area contributed by atoms with Crippen LogP contribution in [0.15, 0.2) is 18.2 Å². The average Bonchev–Trinajstić information content (AvgIpc) is 3.00. The molecule has 3 rings (SSSR count). The summed E-state index contributed by atoms with van der Waals surface area (Å²) in [6.07, 6.45) is 6.08. The lowest BCUT2D eigenvalue weighted by molar-refractivity contribution is -0.136. The Bertz CT molecular complexity index is 1130. The van der Waals surface area contributed by atoms with Crippen molar-refractivity contribution in [2.75, 3.05) is 12.9 Å². The molecular weight excluding hydrogens is 448 g/mol. The van der Waals surface area contributed by atoms with Crippen LogP contribution >= 0.6 is 0 Å². The molecule has 1 aromatic rings. The summed E-state index contributed by atoms with van der Waals surface area (Å²) in [7, 11) is -3.38. The standard InChI is InChI=1S/C23H26N2O7S/c1-33(30,31)32-15-8-6-4-2-3-5-7-10-16-11-9-12-17-20(16)23(29)25(22(17)28)18-13-14-19(26)24-21(18)27/h9,11-12,18H,2-6,8,13-15H2,1H3,(H,24,26,27). The van der Waals surface area contributed by atoms with Gasteiger partial charge in [0.05, 0.1) is 24.0 Å². The number of rotatable bonds is 9. The van der Waals surface area contributed by atoms with Crippen LogP contribution in [-0.2, 0) is 23.9 Å². The van der Waals surface area contributed by atoms with Gasteiger partial charge in [0.25, 0.3) is 21.9 Å². The maximum Gasteiger partial charge on any atom is 0.264 e. The smallest absolute Gasteiger partial charge is 0.264 e. The van der Waals surface area contributed by atoms with Crippen LogP contribution in [-0.4, -0.2) is 55.9 Å². The maximum atomic E-state index is 13.0. The topological polar surface area (TPSA) is 127 Å². The lowest BCUT2D eigenvalue weighted by Crippen LogP contribution is -2.54. The van der Waals surface area contributed by atoms with E-state index in [0.717, 1.165) is 36.8 Å². The van der Waals surface area contributed by atoms with Gasteiger partial charge in [-0.1, -0.05) is 37.2 Å². The molecule has 1 atom stereocenters. The highest BCUT2D eigenvalue weighted by atomic mass is 32.2. The molecule has 2 aliphatic heterocycles. The van der Waals surface area contributed by atoms with Gasteiger partial charge in [0.1, 0.15) is 6.04 Å². The molecule has 0 spiro atoms. The minimum atomic E-state index is -3.38. The summed E-state index contributed by atoms with van der Waals surface area (Å²) >= 11 is 0. The van der Waals surface area contributed by atoms with Crippen molar-refractivity contribution in [3.8, 4) is 11.8 Å². The molecule has 1 saturated heterocycles. The van der Waals surface area contributed by atoms with Crippen LogP contribution < -0.4 is 5.32 Å². The number of carbonyl (C=O) groups is 4. The molecule has 10 heteroatoms. The van der Waals surface area contributed by atoms with Crippen LogP contribution in [0.4, 0.5) is 0 Å². The van der Waals surface area contributed by atoms with Gasteiger partial charge in [-0.2, -0.15) is 8.42 Å². The van der Waals surface area contributed by atoms with E-state index < -0.39 is 39.8 Å². The van der Waals surface area contributed by atoms with E-state index in [0.29, 0.717) is 18.4 Å². The Balaban J connectivity index is 1.54. The van der Waals surface area contributed by atoms with E-state index in [4.69, 9.17) is 4.18 Å². The van der Waals surface area contributed by atoms with E-state index in [9.17, 15) is 27.6 Å². The van der Waals surface area contributed by atoms with Gasteiger partial charge in [-0.25, -0.2) is 0 Å². The zero-order valence-electron chi connectivity index (χ0n) is 18.4. The Morgan fingerprint density at radius 2 is 1.79 bits per heavy atom. The van der Waals surface area contributed by atoms with Crippen molar-refractivity contribution in [1.29, 1.82) is 0 Å². The molecular formula is C23H26N2O7S. The predicted octanol–water partition coefficient (Wildman–Crippen LogP) is 1.76. The van der Waals surface area contributed by atoms with Crippen molar-refractivity contribution in [2.45, 2.75) is 57.4 Å². The Morgan fingerprint density at radius 3 is 2.52 bits per heavy atom. The van der Waals surface area contributed by atoms with Gasteiger partial charge < -0.3 is 0 Å². The molecule has 1 unspecified atom stereocenters. The van der Waals surface area contributed by atoms with Crippen LogP contribution in [0.3, 0.4) is 0 Å². The fourth-order valence-corrected chi connectivity index (χ4v) is 4.25. The van der Waals surface area contributed by atoms with Crippen molar-refractivity contribution >= 4 is 33.7 Å². The maximum absolute atomic E-state index is 13.0. The summed E-state index contributed by atoms with van der Waals surface area (Å²) in [5, 5.41) is 2.18. The van der Waals surface area contributed by atoms with Gasteiger partial charge in [-0.05, 0) is 31.4 Å². The highest BCUT2D eigenvalue weighted by Crippen LogP contribution is 2.29. The molecule has 33 heavy (non-hydrogen) atoms. The number of hydrogen-bond donors (Lipinski definition) is 1. The summed E-state index contributed by atoms with van der Waals surface area (Å²) < 4.78 is 26.4. The third-order valence-corrected chi connectivity index (χ3v) is 6.03. The van der Waals surface area contributed by atoms with E-state index in [-0.39, 0.29) is 30.6 Å². The van der Waals surface area contributed by atoms with E-state index >= 15 is 0 Å². The molecule has 1 fully saturated rings. The first kappa shape index (κ1) is 24.6. The summed E-state index contributed by atoms with van der Waals surface area (Å²) in [5.41, 5.74) is 0.858. The number of amides is 4. The normalized spacial score (nSPS) is 18.1. The Hall–Kier alpha value is -3.03. The number of imide groups is 2. The van der Waals surface area contributed by atoms with Gasteiger partial charge in [-0.15, -0.1) is 0 Å². The van der Waals surface area contributed by atoms with E-state index in [1.807, 2.05) is 0 Å². The number of fused-ring (bicyclic) bond motifs is 1. The van der Waals surface area contributed by atoms with Crippen molar-refractivity contribution in [2.24, 2.45) is 0 Å². The van der Waals surface area contributed by atoms with Crippen LogP contribution in [0.5, 0.6) is 0 Å². The highest BCUT2D eigenvalue weighted by molar-refractivity contribution is 7.85. The second-order valence-corrected chi connectivity index (χ2v) is 9.66. The fourth-order valence-electron chi connectivity index (χ4n) is 3.83. The molecule has 9 nitrogen and oxygen atoms in total. The SMILES string of the molecule is CS(=O)(=O)OCCCCCCCC#Cc1cccc2c1C(=O)N(C1CCC(=O)NC1=O)C2=O. The zero-order chi connectivity index (χ0) is 24.0. The number of hydrogen-bond acceptors (Lipinski definition) is 7. The van der Waals surface area contributed by atoms with E-state index in [1.54, 1.807) is 18.2 Å². The molecule has 1 aromatic carbocycles. The summed E-state index contributed by atoms with van der Waals surface area (Å²) in [5.74, 6) is 3.84. The fraction of sp³-hybridized carbons (Fsp3) is 0.478. The number of carbonyl (C=O) groups excluding carboxylic acids is 4. The van der Waals surface area contributed by atoms with Crippen LogP contribution in [0.2, 0.25) is 0 Å². The van der Waals surface area contributed by atoms with Gasteiger partial charge in [-0.3, -0.25) is 33.6 Å². The third-order valence-electron chi connectivity index (χ3n) is 5.43. The minimum Gasteiger partial charge on any atom is -0.295 e. The Labute approximate surface area is 193 Å². The Kier molecular flexibility index (Phi) is 8.00. The number of benzene rings is 1. The summed E-state index contributed by atoms with van der Waals surface area (Å²) in [4.78, 5) is 50.3. The van der Waals surface area contributed by atoms with Crippen LogP contribution in [0.1, 0.15) is 77.6 Å². The quantitative estimate of drug-likeness (QED) is 0.250.